The normalized spacial score (nSPS) is 10.9. The Morgan fingerprint density at radius 2 is 1.58 bits per heavy atom. The lowest BCUT2D eigenvalue weighted by atomic mass is 9.96. The highest BCUT2D eigenvalue weighted by Gasteiger charge is 2.23. The first-order valence-corrected chi connectivity index (χ1v) is 10.9. The number of rotatable bonds is 4. The second-order valence-corrected chi connectivity index (χ2v) is 7.92. The number of aromatic nitrogens is 3. The van der Waals surface area contributed by atoms with Crippen LogP contribution in [0.4, 0.5) is 5.69 Å². The van der Waals surface area contributed by atoms with Gasteiger partial charge in [-0.05, 0) is 54.3 Å². The highest BCUT2D eigenvalue weighted by atomic mass is 16.3. The summed E-state index contributed by atoms with van der Waals surface area (Å²) < 4.78 is 1.84. The molecular weight excluding hydrogens is 408 g/mol. The van der Waals surface area contributed by atoms with E-state index in [0.29, 0.717) is 17.0 Å². The number of phenols is 1. The Hall–Kier alpha value is -4.43. The summed E-state index contributed by atoms with van der Waals surface area (Å²) in [5.74, 6) is 0.181. The quantitative estimate of drug-likeness (QED) is 0.316. The fraction of sp³-hybridized carbons (Fsp3) is 0.107. The topological polar surface area (TPSA) is 55.3 Å². The lowest BCUT2D eigenvalue weighted by Gasteiger charge is -2.13. The molecule has 0 unspecified atom stereocenters. The number of hydrogen-bond donors (Lipinski definition) is 1. The number of para-hydroxylation sites is 1. The number of aromatic hydroxyl groups is 1. The largest absolute Gasteiger partial charge is 0.508 e. The summed E-state index contributed by atoms with van der Waals surface area (Å²) in [5, 5.41) is 15.5. The highest BCUT2D eigenvalue weighted by Crippen LogP contribution is 2.44. The summed E-state index contributed by atoms with van der Waals surface area (Å²) in [6, 6.07) is 25.1. The lowest BCUT2D eigenvalue weighted by molar-refractivity contribution is 0.475. The van der Waals surface area contributed by atoms with Gasteiger partial charge in [0.2, 0.25) is 5.69 Å². The maximum absolute atomic E-state index is 9.84. The molecule has 0 bridgehead atoms. The zero-order valence-electron chi connectivity index (χ0n) is 18.4. The van der Waals surface area contributed by atoms with Gasteiger partial charge in [-0.25, -0.2) is 14.5 Å². The minimum Gasteiger partial charge on any atom is -0.508 e. The second kappa shape index (κ2) is 8.25. The number of hydrogen-bond acceptors (Lipinski definition) is 3. The molecule has 160 valence electrons. The van der Waals surface area contributed by atoms with Crippen molar-refractivity contribution in [2.75, 3.05) is 0 Å². The highest BCUT2D eigenvalue weighted by molar-refractivity contribution is 6.06. The Kier molecular flexibility index (Phi) is 5.12. The Morgan fingerprint density at radius 1 is 0.909 bits per heavy atom. The maximum atomic E-state index is 9.84. The maximum Gasteiger partial charge on any atom is 0.221 e. The Bertz CT molecular complexity index is 1490. The van der Waals surface area contributed by atoms with Crippen molar-refractivity contribution < 1.29 is 5.11 Å². The number of nitrogens with zero attached hydrogens (tertiary/aromatic N) is 4. The average molecular weight is 431 g/mol. The number of fused-ring (bicyclic) bond motifs is 1. The van der Waals surface area contributed by atoms with Crippen molar-refractivity contribution in [1.29, 1.82) is 0 Å². The van der Waals surface area contributed by atoms with Crippen LogP contribution in [0.1, 0.15) is 18.2 Å². The monoisotopic (exact) mass is 430 g/mol. The molecule has 0 aliphatic carbocycles. The van der Waals surface area contributed by atoms with Crippen molar-refractivity contribution >= 4 is 16.7 Å². The van der Waals surface area contributed by atoms with Gasteiger partial charge in [0.1, 0.15) is 5.75 Å². The predicted octanol–water partition coefficient (Wildman–Crippen LogP) is 6.88. The molecule has 33 heavy (non-hydrogen) atoms. The van der Waals surface area contributed by atoms with Crippen LogP contribution in [0.25, 0.3) is 44.0 Å². The van der Waals surface area contributed by atoms with E-state index in [2.05, 4.69) is 23.9 Å². The summed E-state index contributed by atoms with van der Waals surface area (Å²) in [5.41, 5.74) is 7.24. The molecule has 5 rings (SSSR count). The van der Waals surface area contributed by atoms with Crippen LogP contribution >= 0.6 is 0 Å². The average Bonchev–Trinajstić information content (AvgIpc) is 3.20. The van der Waals surface area contributed by atoms with Crippen LogP contribution in [-0.2, 0) is 6.42 Å². The van der Waals surface area contributed by atoms with E-state index >= 15 is 0 Å². The molecule has 0 saturated carbocycles. The first-order chi connectivity index (χ1) is 16.1. The third-order valence-corrected chi connectivity index (χ3v) is 5.87. The number of aryl methyl sites for hydroxylation is 2. The van der Waals surface area contributed by atoms with Gasteiger partial charge in [0.05, 0.1) is 23.6 Å². The minimum absolute atomic E-state index is 0.181. The predicted molar refractivity (Wildman–Crippen MR) is 132 cm³/mol. The van der Waals surface area contributed by atoms with Crippen LogP contribution in [-0.4, -0.2) is 19.9 Å². The number of pyridine rings is 1. The molecule has 0 aliphatic rings. The van der Waals surface area contributed by atoms with Gasteiger partial charge in [-0.3, -0.25) is 0 Å². The first-order valence-electron chi connectivity index (χ1n) is 10.9. The Balaban J connectivity index is 1.90. The zero-order valence-corrected chi connectivity index (χ0v) is 18.4. The molecule has 3 aromatic carbocycles. The van der Waals surface area contributed by atoms with Crippen molar-refractivity contribution in [3.63, 3.8) is 0 Å². The summed E-state index contributed by atoms with van der Waals surface area (Å²) in [7, 11) is 0. The third kappa shape index (κ3) is 3.52. The van der Waals surface area contributed by atoms with Crippen LogP contribution in [0, 0.1) is 13.5 Å². The van der Waals surface area contributed by atoms with Gasteiger partial charge in [-0.1, -0.05) is 61.5 Å². The van der Waals surface area contributed by atoms with Gasteiger partial charge in [0, 0.05) is 10.9 Å². The van der Waals surface area contributed by atoms with E-state index in [1.54, 1.807) is 12.1 Å². The summed E-state index contributed by atoms with van der Waals surface area (Å²) in [6.45, 7) is 12.1. The lowest BCUT2D eigenvalue weighted by Crippen LogP contribution is -1.99. The van der Waals surface area contributed by atoms with Gasteiger partial charge in [0.25, 0.3) is 0 Å². The zero-order chi connectivity index (χ0) is 22.9. The van der Waals surface area contributed by atoms with Crippen molar-refractivity contribution in [3.05, 3.63) is 102 Å². The molecule has 5 heteroatoms. The Morgan fingerprint density at radius 3 is 2.21 bits per heavy atom. The van der Waals surface area contributed by atoms with Crippen molar-refractivity contribution in [2.24, 2.45) is 0 Å². The second-order valence-electron chi connectivity index (χ2n) is 7.92. The molecular formula is C28H22N4O. The van der Waals surface area contributed by atoms with Crippen LogP contribution in [0.2, 0.25) is 0 Å². The molecule has 0 spiro atoms. The van der Waals surface area contributed by atoms with Gasteiger partial charge in [0.15, 0.2) is 5.65 Å². The molecule has 0 aliphatic heterocycles. The van der Waals surface area contributed by atoms with Gasteiger partial charge in [-0.15, -0.1) is 0 Å². The van der Waals surface area contributed by atoms with Crippen LogP contribution in [0.3, 0.4) is 0 Å². The smallest absolute Gasteiger partial charge is 0.221 e. The van der Waals surface area contributed by atoms with E-state index < -0.39 is 0 Å². The van der Waals surface area contributed by atoms with Gasteiger partial charge >= 0.3 is 0 Å². The molecule has 0 fully saturated rings. The first kappa shape index (κ1) is 20.5. The van der Waals surface area contributed by atoms with Crippen molar-refractivity contribution in [1.82, 2.24) is 14.8 Å². The van der Waals surface area contributed by atoms with Crippen LogP contribution in [0.15, 0.2) is 78.9 Å². The van der Waals surface area contributed by atoms with Crippen molar-refractivity contribution in [2.45, 2.75) is 20.3 Å². The van der Waals surface area contributed by atoms with E-state index in [1.165, 1.54) is 5.56 Å². The molecule has 5 nitrogen and oxygen atoms in total. The van der Waals surface area contributed by atoms with E-state index in [4.69, 9.17) is 16.7 Å². The SMILES string of the molecule is [C-]#[N+]c1c(-c2ccc(CC)cc2)nc2c(c(C)nn2-c2ccccc2)c1-c1ccc(O)cc1. The molecule has 2 heterocycles. The third-order valence-electron chi connectivity index (χ3n) is 5.87. The number of phenolic OH excluding ortho intramolecular Hbond substituents is 1. The molecule has 2 aromatic heterocycles. The molecule has 0 atom stereocenters. The Labute approximate surface area is 192 Å². The standard InChI is InChI=1S/C28H22N4O/c1-4-19-10-12-21(13-11-19)26-27(29-3)25(20-14-16-23(33)17-15-20)24-18(2)31-32(28(24)30-26)22-8-6-5-7-9-22/h5-17,33H,4H2,1-2H3. The molecule has 0 amide bonds. The van der Waals surface area contributed by atoms with E-state index in [0.717, 1.165) is 39.9 Å². The summed E-state index contributed by atoms with van der Waals surface area (Å²) >= 11 is 0. The van der Waals surface area contributed by atoms with E-state index in [1.807, 2.05) is 66.2 Å². The summed E-state index contributed by atoms with van der Waals surface area (Å²) in [6.07, 6.45) is 0.946. The number of benzene rings is 3. The van der Waals surface area contributed by atoms with E-state index in [9.17, 15) is 5.11 Å². The molecule has 0 radical (unpaired) electrons. The summed E-state index contributed by atoms with van der Waals surface area (Å²) in [4.78, 5) is 8.96. The van der Waals surface area contributed by atoms with Crippen LogP contribution in [0.5, 0.6) is 5.75 Å². The molecule has 5 aromatic rings. The fourth-order valence-electron chi connectivity index (χ4n) is 4.17. The fourth-order valence-corrected chi connectivity index (χ4v) is 4.17. The van der Waals surface area contributed by atoms with Gasteiger partial charge in [-0.2, -0.15) is 5.10 Å². The minimum atomic E-state index is 0.181. The molecule has 1 N–H and O–H groups in total. The van der Waals surface area contributed by atoms with Crippen molar-refractivity contribution in [3.8, 4) is 33.8 Å². The molecule has 0 saturated heterocycles. The van der Waals surface area contributed by atoms with Gasteiger partial charge < -0.3 is 5.11 Å². The van der Waals surface area contributed by atoms with Crippen LogP contribution < -0.4 is 0 Å². The van der Waals surface area contributed by atoms with E-state index in [-0.39, 0.29) is 5.75 Å².